The number of fused-ring (bicyclic) bond motifs is 2. The summed E-state index contributed by atoms with van der Waals surface area (Å²) in [5, 5.41) is 10.5. The van der Waals surface area contributed by atoms with Gasteiger partial charge in [0.25, 0.3) is 5.91 Å². The second-order valence-corrected chi connectivity index (χ2v) is 7.12. The van der Waals surface area contributed by atoms with Crippen LogP contribution < -0.4 is 20.1 Å². The van der Waals surface area contributed by atoms with Crippen LogP contribution in [0.15, 0.2) is 48.7 Å². The predicted molar refractivity (Wildman–Crippen MR) is 106 cm³/mol. The zero-order chi connectivity index (χ0) is 20.0. The molecule has 0 radical (unpaired) electrons. The summed E-state index contributed by atoms with van der Waals surface area (Å²) in [6, 6.07) is 11.7. The van der Waals surface area contributed by atoms with E-state index in [0.29, 0.717) is 28.0 Å². The Morgan fingerprint density at radius 1 is 1.24 bits per heavy atom. The number of carbonyl (C=O) groups excluding carboxylic acids is 2. The molecule has 2 aromatic carbocycles. The van der Waals surface area contributed by atoms with E-state index in [2.05, 4.69) is 15.7 Å². The second kappa shape index (κ2) is 6.82. The third-order valence-corrected chi connectivity index (χ3v) is 5.04. The van der Waals surface area contributed by atoms with Crippen molar-refractivity contribution in [2.45, 2.75) is 12.5 Å². The third-order valence-electron chi connectivity index (χ3n) is 4.81. The summed E-state index contributed by atoms with van der Waals surface area (Å²) in [4.78, 5) is 25.0. The van der Waals surface area contributed by atoms with Crippen molar-refractivity contribution >= 4 is 34.9 Å². The standard InChI is InChI=1S/C20H15ClN4O4/c21-12-3-1-2-11(6-12)14-9-22-25-15(20(27)24-19(14)25)8-18(26)23-13-4-5-16-17(7-13)29-10-28-16/h1-7,9,15H,8,10H2,(H,23,26)(H,24,27). The molecule has 8 nitrogen and oxygen atoms in total. The SMILES string of the molecule is O=C(CC1C(=O)Nc2c(-c3cccc(Cl)c3)cnn21)Nc1ccc2c(c1)OCO2. The van der Waals surface area contributed by atoms with Crippen LogP contribution in [-0.4, -0.2) is 28.4 Å². The fourth-order valence-electron chi connectivity index (χ4n) is 3.44. The zero-order valence-corrected chi connectivity index (χ0v) is 15.8. The average Bonchev–Trinajstić information content (AvgIpc) is 3.38. The number of benzene rings is 2. The van der Waals surface area contributed by atoms with Gasteiger partial charge in [0.05, 0.1) is 12.6 Å². The molecule has 2 N–H and O–H groups in total. The lowest BCUT2D eigenvalue weighted by atomic mass is 10.1. The second-order valence-electron chi connectivity index (χ2n) is 6.69. The first kappa shape index (κ1) is 17.6. The van der Waals surface area contributed by atoms with Crippen LogP contribution in [0, 0.1) is 0 Å². The molecule has 29 heavy (non-hydrogen) atoms. The quantitative estimate of drug-likeness (QED) is 0.687. The van der Waals surface area contributed by atoms with E-state index in [1.165, 1.54) is 4.68 Å². The topological polar surface area (TPSA) is 94.5 Å². The number of rotatable bonds is 4. The number of nitrogens with zero attached hydrogens (tertiary/aromatic N) is 2. The summed E-state index contributed by atoms with van der Waals surface area (Å²) >= 11 is 6.07. The summed E-state index contributed by atoms with van der Waals surface area (Å²) in [6.45, 7) is 0.159. The highest BCUT2D eigenvalue weighted by atomic mass is 35.5. The first-order valence-corrected chi connectivity index (χ1v) is 9.30. The molecule has 0 aliphatic carbocycles. The van der Waals surface area contributed by atoms with Gasteiger partial charge < -0.3 is 20.1 Å². The van der Waals surface area contributed by atoms with Crippen molar-refractivity contribution in [2.75, 3.05) is 17.4 Å². The van der Waals surface area contributed by atoms with E-state index in [9.17, 15) is 9.59 Å². The van der Waals surface area contributed by atoms with E-state index in [4.69, 9.17) is 21.1 Å². The molecule has 1 atom stereocenters. The minimum atomic E-state index is -0.730. The van der Waals surface area contributed by atoms with Crippen LogP contribution in [0.4, 0.5) is 11.5 Å². The Balaban J connectivity index is 1.34. The van der Waals surface area contributed by atoms with Gasteiger partial charge in [0, 0.05) is 22.3 Å². The van der Waals surface area contributed by atoms with Gasteiger partial charge in [0.2, 0.25) is 12.7 Å². The van der Waals surface area contributed by atoms with E-state index in [1.807, 2.05) is 12.1 Å². The number of halogens is 1. The molecule has 9 heteroatoms. The number of carbonyl (C=O) groups is 2. The molecule has 3 aromatic rings. The van der Waals surface area contributed by atoms with Crippen LogP contribution in [-0.2, 0) is 9.59 Å². The Kier molecular flexibility index (Phi) is 4.13. The lowest BCUT2D eigenvalue weighted by molar-refractivity contribution is -0.123. The van der Waals surface area contributed by atoms with Gasteiger partial charge in [-0.1, -0.05) is 23.7 Å². The fraction of sp³-hybridized carbons (Fsp3) is 0.150. The van der Waals surface area contributed by atoms with Crippen molar-refractivity contribution in [3.63, 3.8) is 0 Å². The molecule has 5 rings (SSSR count). The lowest BCUT2D eigenvalue weighted by Crippen LogP contribution is -2.23. The van der Waals surface area contributed by atoms with Crippen LogP contribution in [0.25, 0.3) is 11.1 Å². The van der Waals surface area contributed by atoms with Crippen LogP contribution in [0.3, 0.4) is 0 Å². The van der Waals surface area contributed by atoms with E-state index in [0.717, 1.165) is 11.1 Å². The number of hydrogen-bond acceptors (Lipinski definition) is 5. The fourth-order valence-corrected chi connectivity index (χ4v) is 3.63. The Hall–Kier alpha value is -3.52. The van der Waals surface area contributed by atoms with Gasteiger partial charge in [-0.3, -0.25) is 9.59 Å². The van der Waals surface area contributed by atoms with Crippen LogP contribution >= 0.6 is 11.6 Å². The molecular formula is C20H15ClN4O4. The molecule has 1 aromatic heterocycles. The van der Waals surface area contributed by atoms with Crippen molar-refractivity contribution in [1.29, 1.82) is 0 Å². The van der Waals surface area contributed by atoms with Crippen molar-refractivity contribution in [2.24, 2.45) is 0 Å². The number of hydrogen-bond donors (Lipinski definition) is 2. The van der Waals surface area contributed by atoms with Crippen LogP contribution in [0.1, 0.15) is 12.5 Å². The van der Waals surface area contributed by atoms with E-state index >= 15 is 0 Å². The summed E-state index contributed by atoms with van der Waals surface area (Å²) < 4.78 is 12.1. The lowest BCUT2D eigenvalue weighted by Gasteiger charge is -2.10. The van der Waals surface area contributed by atoms with Crippen LogP contribution in [0.5, 0.6) is 11.5 Å². The van der Waals surface area contributed by atoms with E-state index < -0.39 is 6.04 Å². The van der Waals surface area contributed by atoms with Crippen molar-refractivity contribution in [1.82, 2.24) is 9.78 Å². The van der Waals surface area contributed by atoms with Gasteiger partial charge >= 0.3 is 0 Å². The molecule has 0 saturated heterocycles. The molecule has 1 unspecified atom stereocenters. The number of ether oxygens (including phenoxy) is 2. The first-order valence-electron chi connectivity index (χ1n) is 8.92. The molecule has 2 aliphatic heterocycles. The molecule has 0 fully saturated rings. The van der Waals surface area contributed by atoms with Gasteiger partial charge in [-0.2, -0.15) is 5.10 Å². The average molecular weight is 411 g/mol. The van der Waals surface area contributed by atoms with Crippen molar-refractivity contribution in [3.05, 3.63) is 53.7 Å². The number of aromatic nitrogens is 2. The molecule has 0 spiro atoms. The maximum Gasteiger partial charge on any atom is 0.251 e. The number of anilines is 2. The highest BCUT2D eigenvalue weighted by molar-refractivity contribution is 6.30. The summed E-state index contributed by atoms with van der Waals surface area (Å²) in [5.74, 6) is 1.17. The monoisotopic (exact) mass is 410 g/mol. The molecule has 0 saturated carbocycles. The minimum absolute atomic E-state index is 0.0516. The normalized spacial score (nSPS) is 16.4. The maximum atomic E-state index is 12.5. The first-order chi connectivity index (χ1) is 14.1. The maximum absolute atomic E-state index is 12.5. The predicted octanol–water partition coefficient (Wildman–Crippen LogP) is 3.45. The summed E-state index contributed by atoms with van der Waals surface area (Å²) in [5.41, 5.74) is 2.15. The molecule has 0 bridgehead atoms. The van der Waals surface area contributed by atoms with E-state index in [-0.39, 0.29) is 25.0 Å². The number of amides is 2. The highest BCUT2D eigenvalue weighted by Crippen LogP contribution is 2.37. The Labute approximate surface area is 170 Å². The summed E-state index contributed by atoms with van der Waals surface area (Å²) in [7, 11) is 0. The van der Waals surface area contributed by atoms with Gasteiger partial charge in [-0.15, -0.1) is 0 Å². The molecule has 146 valence electrons. The zero-order valence-electron chi connectivity index (χ0n) is 15.0. The Morgan fingerprint density at radius 3 is 2.97 bits per heavy atom. The van der Waals surface area contributed by atoms with Crippen LogP contribution in [0.2, 0.25) is 5.02 Å². The van der Waals surface area contributed by atoms with Gasteiger partial charge in [-0.25, -0.2) is 4.68 Å². The van der Waals surface area contributed by atoms with Crippen molar-refractivity contribution < 1.29 is 19.1 Å². The third kappa shape index (κ3) is 3.17. The summed E-state index contributed by atoms with van der Waals surface area (Å²) in [6.07, 6.45) is 1.60. The van der Waals surface area contributed by atoms with Gasteiger partial charge in [-0.05, 0) is 29.8 Å². The van der Waals surface area contributed by atoms with Crippen molar-refractivity contribution in [3.8, 4) is 22.6 Å². The number of nitrogens with one attached hydrogen (secondary N) is 2. The smallest absolute Gasteiger partial charge is 0.251 e. The van der Waals surface area contributed by atoms with Gasteiger partial charge in [0.15, 0.2) is 11.5 Å². The molecule has 3 heterocycles. The van der Waals surface area contributed by atoms with Gasteiger partial charge in [0.1, 0.15) is 11.9 Å². The van der Waals surface area contributed by atoms with E-state index in [1.54, 1.807) is 36.5 Å². The molecule has 2 aliphatic rings. The molecule has 2 amide bonds. The largest absolute Gasteiger partial charge is 0.454 e. The minimum Gasteiger partial charge on any atom is -0.454 e. The Morgan fingerprint density at radius 2 is 2.10 bits per heavy atom. The Bertz CT molecular complexity index is 1140. The highest BCUT2D eigenvalue weighted by Gasteiger charge is 2.35. The molecular weight excluding hydrogens is 396 g/mol.